The van der Waals surface area contributed by atoms with E-state index in [2.05, 4.69) is 82.7 Å². The van der Waals surface area contributed by atoms with Gasteiger partial charge in [-0.15, -0.1) is 0 Å². The molecule has 3 fully saturated rings. The zero-order chi connectivity index (χ0) is 44.3. The summed E-state index contributed by atoms with van der Waals surface area (Å²) in [6, 6.07) is 23.2. The maximum atomic E-state index is 13.4. The summed E-state index contributed by atoms with van der Waals surface area (Å²) in [4.78, 5) is 26.7. The molecule has 2 saturated carbocycles. The van der Waals surface area contributed by atoms with E-state index in [1.54, 1.807) is 18.2 Å². The fraction of sp³-hybridized carbons (Fsp3) is 0.491. The molecule has 0 bridgehead atoms. The Labute approximate surface area is 380 Å². The van der Waals surface area contributed by atoms with Crippen molar-refractivity contribution in [1.82, 2.24) is 16.0 Å². The lowest BCUT2D eigenvalue weighted by Gasteiger charge is -2.52. The van der Waals surface area contributed by atoms with E-state index in [9.17, 15) is 19.8 Å². The number of hydrogen-bond acceptors (Lipinski definition) is 9. The topological polar surface area (TPSA) is 146 Å². The molecule has 8 rings (SSSR count). The lowest BCUT2D eigenvalue weighted by Crippen LogP contribution is -2.56. The van der Waals surface area contributed by atoms with Crippen molar-refractivity contribution in [2.45, 2.75) is 115 Å². The summed E-state index contributed by atoms with van der Waals surface area (Å²) in [5.41, 5.74) is 14.1. The van der Waals surface area contributed by atoms with Crippen molar-refractivity contribution in [2.24, 2.45) is 34.8 Å². The number of benzene rings is 3. The summed E-state index contributed by atoms with van der Waals surface area (Å²) in [5.74, 6) is 2.56. The standard InChI is InChI=1S/C55H70N4O5/c56-53-32-42(18-17-40-12-6-11-39(27-40)16-15-38-9-2-1-3-10-38)45(36-59-53)29-44-30-51(63)52(64-37-60)31-41(44)19-20-48(62)33-47(61)14-7-24-55(22-4-5-23-55)34-50-49-21-26-57-35-46(49)28-43-13-8-25-58-54(43)50/h1-3,6,8-13,19-20,27,30-32,36,43,46,49-50,53-54,57-60,63H,4-5,7,14-18,21-26,28-29,33-35,37,56H2/b20-19+/t43-,46-,49+,50+,53?,54+/m0/s1. The van der Waals surface area contributed by atoms with Gasteiger partial charge in [-0.25, -0.2) is 0 Å². The normalized spacial score (nSPS) is 24.9. The van der Waals surface area contributed by atoms with Crippen molar-refractivity contribution >= 4 is 17.6 Å². The molecule has 2 aliphatic carbocycles. The minimum Gasteiger partial charge on any atom is -0.504 e. The van der Waals surface area contributed by atoms with Gasteiger partial charge in [0.2, 0.25) is 0 Å². The Hall–Kier alpha value is -4.80. The Morgan fingerprint density at radius 1 is 0.938 bits per heavy atom. The number of carbonyl (C=O) groups is 2. The maximum Gasteiger partial charge on any atom is 0.186 e. The van der Waals surface area contributed by atoms with Crippen molar-refractivity contribution in [3.63, 3.8) is 0 Å². The Balaban J connectivity index is 0.878. The van der Waals surface area contributed by atoms with Crippen molar-refractivity contribution in [3.05, 3.63) is 136 Å². The first kappa shape index (κ1) is 45.8. The van der Waals surface area contributed by atoms with Gasteiger partial charge in [0.1, 0.15) is 5.78 Å². The molecular formula is C55H70N4O5. The SMILES string of the molecule is NC1C=C(CCc2cccc(CCc3ccccc3)c2)C(Cc2cc(O)c(OCO)cc2/C=C/C(=O)CC(=O)CCCC2(C[C@@H]3[C@@H]4CCNC[C@@H]4C[C@@H]4C=CCN[C@@H]34)CCCC2)=CN1. The Bertz CT molecular complexity index is 2190. The van der Waals surface area contributed by atoms with Gasteiger partial charge < -0.3 is 36.6 Å². The van der Waals surface area contributed by atoms with Crippen LogP contribution < -0.4 is 26.4 Å². The summed E-state index contributed by atoms with van der Waals surface area (Å²) < 4.78 is 5.33. The zero-order valence-corrected chi connectivity index (χ0v) is 37.6. The molecule has 64 heavy (non-hydrogen) atoms. The van der Waals surface area contributed by atoms with Crippen molar-refractivity contribution < 1.29 is 24.5 Å². The number of phenolic OH excluding ortho intramolecular Hbond substituents is 1. The molecular weight excluding hydrogens is 797 g/mol. The number of phenols is 1. The largest absolute Gasteiger partial charge is 0.504 e. The number of ketones is 2. The third kappa shape index (κ3) is 11.9. The van der Waals surface area contributed by atoms with Crippen LogP contribution in [0.15, 0.2) is 108 Å². The molecule has 0 spiro atoms. The van der Waals surface area contributed by atoms with Crippen LogP contribution in [0.25, 0.3) is 6.08 Å². The monoisotopic (exact) mass is 867 g/mol. The maximum absolute atomic E-state index is 13.4. The molecule has 0 radical (unpaired) electrons. The van der Waals surface area contributed by atoms with Gasteiger partial charge in [0.15, 0.2) is 24.1 Å². The second-order valence-electron chi connectivity index (χ2n) is 19.5. The summed E-state index contributed by atoms with van der Waals surface area (Å²) in [6.45, 7) is 2.63. The number of aryl methyl sites for hydroxylation is 3. The summed E-state index contributed by atoms with van der Waals surface area (Å²) >= 11 is 0. The molecule has 5 aliphatic rings. The molecule has 3 aliphatic heterocycles. The number of carbonyl (C=O) groups excluding carboxylic acids is 2. The number of nitrogens with two attached hydrogens (primary N) is 1. The highest BCUT2D eigenvalue weighted by molar-refractivity contribution is 6.06. The highest BCUT2D eigenvalue weighted by atomic mass is 16.6. The number of aliphatic hydroxyl groups is 1. The quantitative estimate of drug-likeness (QED) is 0.0285. The van der Waals surface area contributed by atoms with Gasteiger partial charge in [-0.1, -0.05) is 85.7 Å². The van der Waals surface area contributed by atoms with Crippen LogP contribution in [0, 0.1) is 29.1 Å². The summed E-state index contributed by atoms with van der Waals surface area (Å²) in [5, 5.41) is 31.3. The van der Waals surface area contributed by atoms with E-state index < -0.39 is 6.79 Å². The van der Waals surface area contributed by atoms with E-state index in [0.717, 1.165) is 86.7 Å². The van der Waals surface area contributed by atoms with Crippen LogP contribution in [0.3, 0.4) is 0 Å². The fourth-order valence-corrected chi connectivity index (χ4v) is 12.0. The lowest BCUT2D eigenvalue weighted by atomic mass is 9.57. The fourth-order valence-electron chi connectivity index (χ4n) is 12.0. The van der Waals surface area contributed by atoms with E-state index in [0.29, 0.717) is 36.3 Å². The molecule has 6 atom stereocenters. The van der Waals surface area contributed by atoms with E-state index in [4.69, 9.17) is 10.5 Å². The Kier molecular flexibility index (Phi) is 15.7. The number of aromatic hydroxyl groups is 1. The number of piperidine rings is 1. The van der Waals surface area contributed by atoms with Gasteiger partial charge in [0.05, 0.1) is 12.6 Å². The van der Waals surface area contributed by atoms with Gasteiger partial charge in [0.25, 0.3) is 0 Å². The first-order chi connectivity index (χ1) is 31.2. The molecule has 9 nitrogen and oxygen atoms in total. The molecule has 1 unspecified atom stereocenters. The van der Waals surface area contributed by atoms with E-state index in [1.807, 2.05) is 12.3 Å². The number of fused-ring (bicyclic) bond motifs is 2. The second kappa shape index (κ2) is 21.9. The predicted octanol–water partition coefficient (Wildman–Crippen LogP) is 8.43. The van der Waals surface area contributed by atoms with Gasteiger partial charge in [0, 0.05) is 25.2 Å². The van der Waals surface area contributed by atoms with Crippen molar-refractivity contribution in [2.75, 3.05) is 26.4 Å². The first-order valence-electron chi connectivity index (χ1n) is 24.2. The number of allylic oxidation sites excluding steroid dienone is 3. The molecule has 3 heterocycles. The minimum absolute atomic E-state index is 0.0143. The summed E-state index contributed by atoms with van der Waals surface area (Å²) in [6.07, 6.45) is 26.7. The third-order valence-electron chi connectivity index (χ3n) is 15.2. The second-order valence-corrected chi connectivity index (χ2v) is 19.5. The first-order valence-corrected chi connectivity index (χ1v) is 24.2. The molecule has 3 aromatic rings. The number of rotatable bonds is 20. The summed E-state index contributed by atoms with van der Waals surface area (Å²) in [7, 11) is 0. The molecule has 340 valence electrons. The molecule has 7 N–H and O–H groups in total. The average molecular weight is 867 g/mol. The van der Waals surface area contributed by atoms with Crippen LogP contribution in [0.4, 0.5) is 0 Å². The van der Waals surface area contributed by atoms with Crippen LogP contribution >= 0.6 is 0 Å². The molecule has 3 aromatic carbocycles. The van der Waals surface area contributed by atoms with Crippen LogP contribution in [-0.4, -0.2) is 60.4 Å². The average Bonchev–Trinajstić information content (AvgIpc) is 3.77. The van der Waals surface area contributed by atoms with Crippen LogP contribution in [0.5, 0.6) is 11.5 Å². The van der Waals surface area contributed by atoms with Crippen molar-refractivity contribution in [3.8, 4) is 11.5 Å². The van der Waals surface area contributed by atoms with E-state index in [-0.39, 0.29) is 41.1 Å². The number of Topliss-reactive ketones (excluding diaryl/α,β-unsaturated/α-hetero) is 1. The minimum atomic E-state index is -0.605. The molecule has 0 aromatic heterocycles. The van der Waals surface area contributed by atoms with Gasteiger partial charge >= 0.3 is 0 Å². The van der Waals surface area contributed by atoms with E-state index >= 15 is 0 Å². The van der Waals surface area contributed by atoms with Crippen LogP contribution in [0.1, 0.15) is 105 Å². The Morgan fingerprint density at radius 3 is 2.53 bits per heavy atom. The molecule has 0 amide bonds. The van der Waals surface area contributed by atoms with Crippen molar-refractivity contribution in [1.29, 1.82) is 0 Å². The highest BCUT2D eigenvalue weighted by Gasteiger charge is 2.48. The number of nitrogens with one attached hydrogen (secondary N) is 3. The third-order valence-corrected chi connectivity index (χ3v) is 15.2. The number of hydrogen-bond donors (Lipinski definition) is 6. The van der Waals surface area contributed by atoms with Gasteiger partial charge in [-0.05, 0) is 182 Å². The van der Waals surface area contributed by atoms with Crippen LogP contribution in [0.2, 0.25) is 0 Å². The van der Waals surface area contributed by atoms with E-state index in [1.165, 1.54) is 67.7 Å². The highest BCUT2D eigenvalue weighted by Crippen LogP contribution is 2.53. The van der Waals surface area contributed by atoms with Gasteiger partial charge in [-0.3, -0.25) is 9.59 Å². The zero-order valence-electron chi connectivity index (χ0n) is 37.6. The lowest BCUT2D eigenvalue weighted by molar-refractivity contribution is -0.124. The van der Waals surface area contributed by atoms with Crippen LogP contribution in [-0.2, 0) is 35.3 Å². The Morgan fingerprint density at radius 2 is 1.72 bits per heavy atom. The molecule has 9 heteroatoms. The number of aliphatic hydroxyl groups excluding tert-OH is 1. The van der Waals surface area contributed by atoms with Gasteiger partial charge in [-0.2, -0.15) is 0 Å². The smallest absolute Gasteiger partial charge is 0.186 e. The number of ether oxygens (including phenoxy) is 1. The molecule has 1 saturated heterocycles. The number of dihydropyridines is 1. The predicted molar refractivity (Wildman–Crippen MR) is 255 cm³/mol.